The van der Waals surface area contributed by atoms with Crippen LogP contribution < -0.4 is 21.1 Å². The first-order valence-corrected chi connectivity index (χ1v) is 19.4. The second-order valence-corrected chi connectivity index (χ2v) is 15.3. The fraction of sp³-hybridized carbons (Fsp3) is 0.0588. The number of hydrogen-bond donors (Lipinski definition) is 0. The maximum absolute atomic E-state index is 7.01. The predicted octanol–water partition coefficient (Wildman–Crippen LogP) is 11.0. The highest BCUT2D eigenvalue weighted by Crippen LogP contribution is 2.45. The molecule has 1 unspecified atom stereocenters. The van der Waals surface area contributed by atoms with Gasteiger partial charge in [0, 0.05) is 39.0 Å². The van der Waals surface area contributed by atoms with E-state index in [0.29, 0.717) is 5.92 Å². The van der Waals surface area contributed by atoms with Crippen molar-refractivity contribution >= 4 is 61.4 Å². The lowest BCUT2D eigenvalue weighted by molar-refractivity contribution is 0.487. The zero-order valence-corrected chi connectivity index (χ0v) is 30.4. The Morgan fingerprint density at radius 3 is 2.15 bits per heavy atom. The zero-order valence-electron chi connectivity index (χ0n) is 30.4. The van der Waals surface area contributed by atoms with Gasteiger partial charge in [0.1, 0.15) is 11.5 Å². The molecule has 0 saturated heterocycles. The van der Waals surface area contributed by atoms with E-state index in [2.05, 4.69) is 192 Å². The monoisotopic (exact) mass is 702 g/mol. The molecule has 258 valence electrons. The first-order chi connectivity index (χ1) is 27.2. The molecular formula is C51H35BN2O. The minimum absolute atomic E-state index is 0.0362. The molecule has 3 aliphatic rings. The van der Waals surface area contributed by atoms with E-state index in [1.54, 1.807) is 0 Å². The summed E-state index contributed by atoms with van der Waals surface area (Å²) < 4.78 is 12.0. The Morgan fingerprint density at radius 2 is 1.31 bits per heavy atom. The lowest BCUT2D eigenvalue weighted by atomic mass is 9.34. The minimum atomic E-state index is 0.0362. The van der Waals surface area contributed by atoms with E-state index in [1.807, 2.05) is 0 Å². The first-order valence-electron chi connectivity index (χ1n) is 19.4. The number of fused-ring (bicyclic) bond motifs is 7. The molecule has 0 bridgehead atoms. The fourth-order valence-corrected chi connectivity index (χ4v) is 9.67. The largest absolute Gasteiger partial charge is 0.458 e. The summed E-state index contributed by atoms with van der Waals surface area (Å²) >= 11 is 0. The first kappa shape index (κ1) is 30.7. The lowest BCUT2D eigenvalue weighted by Gasteiger charge is -2.34. The van der Waals surface area contributed by atoms with Crippen LogP contribution >= 0.6 is 0 Å². The Morgan fingerprint density at radius 1 is 0.582 bits per heavy atom. The number of ether oxygens (including phenoxy) is 1. The van der Waals surface area contributed by atoms with E-state index in [1.165, 1.54) is 88.3 Å². The van der Waals surface area contributed by atoms with Crippen molar-refractivity contribution in [3.8, 4) is 45.3 Å². The van der Waals surface area contributed by atoms with E-state index in [-0.39, 0.29) is 6.71 Å². The van der Waals surface area contributed by atoms with Gasteiger partial charge < -0.3 is 13.9 Å². The third kappa shape index (κ3) is 4.40. The van der Waals surface area contributed by atoms with Crippen LogP contribution in [0.1, 0.15) is 18.9 Å². The molecule has 1 aliphatic carbocycles. The average Bonchev–Trinajstić information content (AvgIpc) is 3.77. The highest BCUT2D eigenvalue weighted by molar-refractivity contribution is 6.99. The average molecular weight is 703 g/mol. The van der Waals surface area contributed by atoms with Crippen LogP contribution in [0.25, 0.3) is 72.0 Å². The van der Waals surface area contributed by atoms with E-state index < -0.39 is 0 Å². The molecule has 0 spiro atoms. The van der Waals surface area contributed by atoms with Crippen LogP contribution in [0.4, 0.5) is 0 Å². The van der Waals surface area contributed by atoms with E-state index >= 15 is 0 Å². The Hall–Kier alpha value is -6.78. The van der Waals surface area contributed by atoms with Gasteiger partial charge in [-0.05, 0) is 81.3 Å². The minimum Gasteiger partial charge on any atom is -0.458 e. The van der Waals surface area contributed by atoms with Crippen molar-refractivity contribution in [2.45, 2.75) is 13.3 Å². The van der Waals surface area contributed by atoms with Gasteiger partial charge in [0.15, 0.2) is 0 Å². The molecule has 4 heteroatoms. The van der Waals surface area contributed by atoms with Crippen molar-refractivity contribution in [1.29, 1.82) is 0 Å². The van der Waals surface area contributed by atoms with Crippen molar-refractivity contribution < 1.29 is 4.74 Å². The summed E-state index contributed by atoms with van der Waals surface area (Å²) in [5, 5.41) is 3.75. The van der Waals surface area contributed by atoms with Gasteiger partial charge in [0.25, 0.3) is 6.71 Å². The maximum Gasteiger partial charge on any atom is 0.256 e. The SMILES string of the molecule is CC1C=CC(c2c(-c3ccccc3)n3c4c(cccc24)B2c4ccccc4Oc4cc(-n5c6ccccc6c6cc(-c7ccccc7)ccc65)cc-3c42)=CC1. The molecule has 3 nitrogen and oxygen atoms in total. The third-order valence-electron chi connectivity index (χ3n) is 12.1. The summed E-state index contributed by atoms with van der Waals surface area (Å²) in [5.41, 5.74) is 17.1. The van der Waals surface area contributed by atoms with E-state index in [4.69, 9.17) is 4.74 Å². The summed E-state index contributed by atoms with van der Waals surface area (Å²) in [6.07, 6.45) is 8.19. The molecule has 0 saturated carbocycles. The number of para-hydroxylation sites is 3. The van der Waals surface area contributed by atoms with Crippen LogP contribution in [-0.4, -0.2) is 15.8 Å². The second-order valence-electron chi connectivity index (χ2n) is 15.3. The topological polar surface area (TPSA) is 19.1 Å². The van der Waals surface area contributed by atoms with Crippen molar-refractivity contribution in [3.63, 3.8) is 0 Å². The lowest BCUT2D eigenvalue weighted by Crippen LogP contribution is -2.58. The van der Waals surface area contributed by atoms with Crippen LogP contribution in [-0.2, 0) is 0 Å². The summed E-state index contributed by atoms with van der Waals surface area (Å²) in [7, 11) is 0. The third-order valence-corrected chi connectivity index (χ3v) is 12.1. The fourth-order valence-electron chi connectivity index (χ4n) is 9.67. The van der Waals surface area contributed by atoms with Crippen molar-refractivity contribution in [2.75, 3.05) is 0 Å². The van der Waals surface area contributed by atoms with Crippen LogP contribution in [0.15, 0.2) is 176 Å². The van der Waals surface area contributed by atoms with Gasteiger partial charge in [-0.15, -0.1) is 0 Å². The van der Waals surface area contributed by atoms with E-state index in [0.717, 1.165) is 23.6 Å². The van der Waals surface area contributed by atoms with Crippen LogP contribution in [0.3, 0.4) is 0 Å². The second kappa shape index (κ2) is 11.6. The maximum atomic E-state index is 7.01. The van der Waals surface area contributed by atoms with Crippen molar-refractivity contribution in [2.24, 2.45) is 5.92 Å². The van der Waals surface area contributed by atoms with Gasteiger partial charge in [0.05, 0.1) is 22.4 Å². The van der Waals surface area contributed by atoms with Gasteiger partial charge in [-0.2, -0.15) is 0 Å². The summed E-state index contributed by atoms with van der Waals surface area (Å²) in [4.78, 5) is 0. The number of allylic oxidation sites excluding steroid dienone is 4. The molecule has 9 aromatic rings. The number of nitrogens with zero attached hydrogens (tertiary/aromatic N) is 2. The number of aromatic nitrogens is 2. The highest BCUT2D eigenvalue weighted by atomic mass is 16.5. The Labute approximate surface area is 320 Å². The zero-order chi connectivity index (χ0) is 36.2. The molecule has 0 fully saturated rings. The molecule has 2 aromatic heterocycles. The number of rotatable bonds is 4. The van der Waals surface area contributed by atoms with E-state index in [9.17, 15) is 0 Å². The Balaban J connectivity index is 1.21. The van der Waals surface area contributed by atoms with Gasteiger partial charge in [0.2, 0.25) is 0 Å². The van der Waals surface area contributed by atoms with Crippen LogP contribution in [0.5, 0.6) is 11.5 Å². The summed E-state index contributed by atoms with van der Waals surface area (Å²) in [6, 6.07) is 57.6. The highest BCUT2D eigenvalue weighted by Gasteiger charge is 2.42. The molecule has 0 N–H and O–H groups in total. The van der Waals surface area contributed by atoms with Gasteiger partial charge in [-0.1, -0.05) is 146 Å². The van der Waals surface area contributed by atoms with Gasteiger partial charge in [-0.3, -0.25) is 0 Å². The van der Waals surface area contributed by atoms with Crippen molar-refractivity contribution in [1.82, 2.24) is 9.13 Å². The molecular weight excluding hydrogens is 667 g/mol. The molecule has 0 amide bonds. The molecule has 1 atom stereocenters. The summed E-state index contributed by atoms with van der Waals surface area (Å²) in [5.74, 6) is 2.35. The Bertz CT molecular complexity index is 3110. The predicted molar refractivity (Wildman–Crippen MR) is 231 cm³/mol. The molecule has 2 aliphatic heterocycles. The van der Waals surface area contributed by atoms with Gasteiger partial charge >= 0.3 is 0 Å². The van der Waals surface area contributed by atoms with Gasteiger partial charge in [-0.25, -0.2) is 0 Å². The Kier molecular flexibility index (Phi) is 6.47. The molecule has 7 aromatic carbocycles. The molecule has 55 heavy (non-hydrogen) atoms. The van der Waals surface area contributed by atoms with Crippen LogP contribution in [0.2, 0.25) is 0 Å². The molecule has 0 radical (unpaired) electrons. The quantitative estimate of drug-likeness (QED) is 0.167. The molecule has 4 heterocycles. The standard InChI is InChI=1S/C51H35BN2O/c1-32-23-25-34(26-24-32)48-39-18-12-20-42-51(39)54(50(48)35-15-6-3-7-16-35)45-30-37(31-47-49(45)52(42)41-19-9-11-22-46(41)55-47)53-43-21-10-8-17-38(43)40-29-36(27-28-44(40)53)33-13-4-2-5-14-33/h2-23,25-32H,24H2,1H3. The van der Waals surface area contributed by atoms with Crippen LogP contribution in [0, 0.1) is 5.92 Å². The summed E-state index contributed by atoms with van der Waals surface area (Å²) in [6.45, 7) is 2.33. The molecule has 12 rings (SSSR count). The van der Waals surface area contributed by atoms with Crippen molar-refractivity contribution in [3.05, 3.63) is 182 Å². The smallest absolute Gasteiger partial charge is 0.256 e. The number of hydrogen-bond acceptors (Lipinski definition) is 1. The number of benzene rings is 7. The normalized spacial score (nSPS) is 15.3.